The summed E-state index contributed by atoms with van der Waals surface area (Å²) >= 11 is 5.94. The Morgan fingerprint density at radius 2 is 1.92 bits per heavy atom. The molecule has 0 saturated heterocycles. The third kappa shape index (κ3) is 4.54. The maximum atomic E-state index is 12.3. The molecule has 25 heavy (non-hydrogen) atoms. The number of nitro groups is 1. The zero-order chi connectivity index (χ0) is 18.6. The van der Waals surface area contributed by atoms with E-state index in [1.807, 2.05) is 0 Å². The third-order valence-corrected chi connectivity index (χ3v) is 3.66. The lowest BCUT2D eigenvalue weighted by molar-refractivity contribution is -0.384. The summed E-state index contributed by atoms with van der Waals surface area (Å²) < 4.78 is 5.46. The van der Waals surface area contributed by atoms with Gasteiger partial charge in [-0.05, 0) is 32.0 Å². The molecular weight excluding hydrogens is 348 g/mol. The van der Waals surface area contributed by atoms with Crippen LogP contribution in [0.15, 0.2) is 42.5 Å². The van der Waals surface area contributed by atoms with Crippen molar-refractivity contribution >= 4 is 34.7 Å². The van der Waals surface area contributed by atoms with Crippen LogP contribution in [0, 0.1) is 10.1 Å². The third-order valence-electron chi connectivity index (χ3n) is 3.36. The van der Waals surface area contributed by atoms with Crippen molar-refractivity contribution in [3.8, 4) is 5.75 Å². The molecule has 130 valence electrons. The molecule has 0 heterocycles. The molecular formula is C17H15ClN2O5. The van der Waals surface area contributed by atoms with Gasteiger partial charge in [-0.2, -0.15) is 0 Å². The molecule has 0 spiro atoms. The van der Waals surface area contributed by atoms with Crippen LogP contribution in [0.1, 0.15) is 24.2 Å². The highest BCUT2D eigenvalue weighted by Gasteiger charge is 2.19. The Kier molecular flexibility index (Phi) is 5.71. The van der Waals surface area contributed by atoms with Gasteiger partial charge in [-0.3, -0.25) is 19.7 Å². The minimum atomic E-state index is -0.932. The molecule has 0 aliphatic heterocycles. The van der Waals surface area contributed by atoms with Crippen LogP contribution in [0.2, 0.25) is 5.02 Å². The maximum Gasteiger partial charge on any atom is 0.271 e. The van der Waals surface area contributed by atoms with E-state index in [2.05, 4.69) is 5.32 Å². The maximum absolute atomic E-state index is 12.3. The van der Waals surface area contributed by atoms with E-state index in [9.17, 15) is 19.7 Å². The van der Waals surface area contributed by atoms with E-state index in [4.69, 9.17) is 16.3 Å². The highest BCUT2D eigenvalue weighted by atomic mass is 35.5. The van der Waals surface area contributed by atoms with Crippen LogP contribution >= 0.6 is 11.6 Å². The fraction of sp³-hybridized carbons (Fsp3) is 0.176. The number of nitrogens with zero attached hydrogens (tertiary/aromatic N) is 1. The topological polar surface area (TPSA) is 98.5 Å². The molecule has 2 aromatic rings. The van der Waals surface area contributed by atoms with Crippen molar-refractivity contribution in [3.63, 3.8) is 0 Å². The Labute approximate surface area is 148 Å². The van der Waals surface area contributed by atoms with Crippen molar-refractivity contribution in [2.75, 3.05) is 5.32 Å². The van der Waals surface area contributed by atoms with E-state index in [-0.39, 0.29) is 22.2 Å². The highest BCUT2D eigenvalue weighted by Crippen LogP contribution is 2.29. The Hall–Kier alpha value is -2.93. The van der Waals surface area contributed by atoms with Gasteiger partial charge in [0.05, 0.1) is 15.6 Å². The number of halogens is 1. The smallest absolute Gasteiger partial charge is 0.271 e. The van der Waals surface area contributed by atoms with Crippen LogP contribution in [0.5, 0.6) is 5.75 Å². The first-order valence-electron chi connectivity index (χ1n) is 7.31. The number of non-ortho nitro benzene ring substituents is 1. The summed E-state index contributed by atoms with van der Waals surface area (Å²) in [7, 11) is 0. The van der Waals surface area contributed by atoms with Crippen LogP contribution in [-0.2, 0) is 4.79 Å². The number of amides is 1. The first kappa shape index (κ1) is 18.4. The van der Waals surface area contributed by atoms with Gasteiger partial charge in [0.2, 0.25) is 0 Å². The molecule has 1 N–H and O–H groups in total. The van der Waals surface area contributed by atoms with Gasteiger partial charge < -0.3 is 10.1 Å². The van der Waals surface area contributed by atoms with E-state index in [0.29, 0.717) is 11.3 Å². The predicted molar refractivity (Wildman–Crippen MR) is 93.3 cm³/mol. The monoisotopic (exact) mass is 362 g/mol. The molecule has 7 nitrogen and oxygen atoms in total. The van der Waals surface area contributed by atoms with E-state index < -0.39 is 16.9 Å². The zero-order valence-corrected chi connectivity index (χ0v) is 14.2. The molecule has 2 aromatic carbocycles. The molecule has 0 aliphatic carbocycles. The molecule has 0 aromatic heterocycles. The lowest BCUT2D eigenvalue weighted by atomic mass is 10.1. The van der Waals surface area contributed by atoms with E-state index in [0.717, 1.165) is 6.07 Å². The summed E-state index contributed by atoms with van der Waals surface area (Å²) in [4.78, 5) is 34.0. The Morgan fingerprint density at radius 3 is 2.52 bits per heavy atom. The number of hydrogen-bond acceptors (Lipinski definition) is 5. The van der Waals surface area contributed by atoms with Gasteiger partial charge in [-0.1, -0.05) is 23.7 Å². The number of benzene rings is 2. The van der Waals surface area contributed by atoms with Crippen molar-refractivity contribution in [2.45, 2.75) is 20.0 Å². The summed E-state index contributed by atoms with van der Waals surface area (Å²) in [6.07, 6.45) is -0.932. The molecule has 0 saturated carbocycles. The fourth-order valence-electron chi connectivity index (χ4n) is 2.08. The van der Waals surface area contributed by atoms with Crippen molar-refractivity contribution in [1.82, 2.24) is 0 Å². The van der Waals surface area contributed by atoms with Gasteiger partial charge in [-0.25, -0.2) is 0 Å². The normalized spacial score (nSPS) is 11.5. The summed E-state index contributed by atoms with van der Waals surface area (Å²) in [5, 5.41) is 13.4. The van der Waals surface area contributed by atoms with Gasteiger partial charge in [-0.15, -0.1) is 0 Å². The molecule has 1 amide bonds. The van der Waals surface area contributed by atoms with Crippen LogP contribution in [0.25, 0.3) is 0 Å². The van der Waals surface area contributed by atoms with Crippen LogP contribution in [-0.4, -0.2) is 22.7 Å². The SMILES string of the molecule is CC(=O)c1ccccc1NC(=O)[C@@H](C)Oc1ccc([N+](=O)[O-])cc1Cl. The van der Waals surface area contributed by atoms with Crippen molar-refractivity contribution in [1.29, 1.82) is 0 Å². The predicted octanol–water partition coefficient (Wildman–Crippen LogP) is 3.86. The lowest BCUT2D eigenvalue weighted by Gasteiger charge is -2.16. The standard InChI is InChI=1S/C17H15ClN2O5/c1-10(21)13-5-3-4-6-15(13)19-17(22)11(2)25-16-8-7-12(20(23)24)9-14(16)18/h3-9,11H,1-2H3,(H,19,22)/t11-/m1/s1. The number of Topliss-reactive ketones (excluding diaryl/α,β-unsaturated/α-hetero) is 1. The minimum Gasteiger partial charge on any atom is -0.479 e. The molecule has 8 heteroatoms. The van der Waals surface area contributed by atoms with Gasteiger partial charge in [0, 0.05) is 17.7 Å². The number of carbonyl (C=O) groups excluding carboxylic acids is 2. The molecule has 0 unspecified atom stereocenters. The average molecular weight is 363 g/mol. The number of para-hydroxylation sites is 1. The van der Waals surface area contributed by atoms with Gasteiger partial charge in [0.15, 0.2) is 11.9 Å². The summed E-state index contributed by atoms with van der Waals surface area (Å²) in [6.45, 7) is 2.91. The minimum absolute atomic E-state index is 0.0259. The molecule has 0 bridgehead atoms. The Bertz CT molecular complexity index is 838. The fourth-order valence-corrected chi connectivity index (χ4v) is 2.30. The Morgan fingerprint density at radius 1 is 1.24 bits per heavy atom. The molecule has 0 fully saturated rings. The second-order valence-electron chi connectivity index (χ2n) is 5.22. The van der Waals surface area contributed by atoms with Crippen molar-refractivity contribution < 1.29 is 19.2 Å². The lowest BCUT2D eigenvalue weighted by Crippen LogP contribution is -2.30. The van der Waals surface area contributed by atoms with Gasteiger partial charge in [0.25, 0.3) is 11.6 Å². The molecule has 1 atom stereocenters. The van der Waals surface area contributed by atoms with E-state index in [1.54, 1.807) is 24.3 Å². The second kappa shape index (κ2) is 7.76. The quantitative estimate of drug-likeness (QED) is 0.478. The number of ether oxygens (including phenoxy) is 1. The molecule has 0 radical (unpaired) electrons. The van der Waals surface area contributed by atoms with Crippen molar-refractivity contribution in [2.24, 2.45) is 0 Å². The summed E-state index contributed by atoms with van der Waals surface area (Å²) in [5.74, 6) is -0.513. The van der Waals surface area contributed by atoms with Gasteiger partial charge in [0.1, 0.15) is 5.75 Å². The number of hydrogen-bond donors (Lipinski definition) is 1. The Balaban J connectivity index is 2.11. The summed E-state index contributed by atoms with van der Waals surface area (Å²) in [5.41, 5.74) is 0.589. The van der Waals surface area contributed by atoms with Crippen LogP contribution in [0.3, 0.4) is 0 Å². The zero-order valence-electron chi connectivity index (χ0n) is 13.5. The summed E-state index contributed by atoms with van der Waals surface area (Å²) in [6, 6.07) is 10.3. The number of ketones is 1. The number of nitro benzene ring substituents is 1. The second-order valence-corrected chi connectivity index (χ2v) is 5.63. The van der Waals surface area contributed by atoms with Crippen LogP contribution < -0.4 is 10.1 Å². The number of carbonyl (C=O) groups is 2. The highest BCUT2D eigenvalue weighted by molar-refractivity contribution is 6.32. The average Bonchev–Trinajstić information content (AvgIpc) is 2.56. The number of anilines is 1. The van der Waals surface area contributed by atoms with E-state index >= 15 is 0 Å². The first-order chi connectivity index (χ1) is 11.8. The number of nitrogens with one attached hydrogen (secondary N) is 1. The van der Waals surface area contributed by atoms with E-state index in [1.165, 1.54) is 26.0 Å². The van der Waals surface area contributed by atoms with Crippen LogP contribution in [0.4, 0.5) is 11.4 Å². The molecule has 2 rings (SSSR count). The largest absolute Gasteiger partial charge is 0.479 e. The number of rotatable bonds is 6. The van der Waals surface area contributed by atoms with Gasteiger partial charge >= 0.3 is 0 Å². The van der Waals surface area contributed by atoms with Crippen molar-refractivity contribution in [3.05, 3.63) is 63.2 Å². The first-order valence-corrected chi connectivity index (χ1v) is 7.69. The molecule has 0 aliphatic rings.